The third-order valence-electron chi connectivity index (χ3n) is 3.02. The SMILES string of the molecule is COc1ccc(Br)c(C(=O)NCC#CCOc2ccccc2F)c1. The Morgan fingerprint density at radius 2 is 2.04 bits per heavy atom. The lowest BCUT2D eigenvalue weighted by molar-refractivity contribution is 0.0957. The minimum atomic E-state index is -0.435. The molecule has 0 radical (unpaired) electrons. The number of hydrogen-bond acceptors (Lipinski definition) is 3. The van der Waals surface area contributed by atoms with Crippen LogP contribution in [0.3, 0.4) is 0 Å². The van der Waals surface area contributed by atoms with E-state index in [9.17, 15) is 9.18 Å². The molecule has 0 bridgehead atoms. The van der Waals surface area contributed by atoms with Gasteiger partial charge < -0.3 is 14.8 Å². The Bertz CT molecular complexity index is 783. The number of rotatable bonds is 5. The van der Waals surface area contributed by atoms with E-state index in [0.717, 1.165) is 0 Å². The zero-order chi connectivity index (χ0) is 17.4. The first-order valence-electron chi connectivity index (χ1n) is 7.06. The number of ether oxygens (including phenoxy) is 2. The summed E-state index contributed by atoms with van der Waals surface area (Å²) < 4.78 is 24.3. The van der Waals surface area contributed by atoms with E-state index in [0.29, 0.717) is 15.8 Å². The molecule has 24 heavy (non-hydrogen) atoms. The number of nitrogens with one attached hydrogen (secondary N) is 1. The van der Waals surface area contributed by atoms with Gasteiger partial charge in [0.05, 0.1) is 19.2 Å². The summed E-state index contributed by atoms with van der Waals surface area (Å²) in [5.74, 6) is 5.49. The molecule has 2 aromatic carbocycles. The van der Waals surface area contributed by atoms with E-state index >= 15 is 0 Å². The van der Waals surface area contributed by atoms with Crippen LogP contribution in [-0.2, 0) is 0 Å². The van der Waals surface area contributed by atoms with Crippen molar-refractivity contribution in [2.75, 3.05) is 20.3 Å². The summed E-state index contributed by atoms with van der Waals surface area (Å²) in [4.78, 5) is 12.1. The number of methoxy groups -OCH3 is 1. The molecule has 0 unspecified atom stereocenters. The molecule has 0 spiro atoms. The van der Waals surface area contributed by atoms with Gasteiger partial charge >= 0.3 is 0 Å². The van der Waals surface area contributed by atoms with Gasteiger partial charge in [-0.2, -0.15) is 0 Å². The molecule has 2 rings (SSSR count). The molecule has 1 amide bonds. The number of carbonyl (C=O) groups excluding carboxylic acids is 1. The van der Waals surface area contributed by atoms with Crippen molar-refractivity contribution >= 4 is 21.8 Å². The molecular weight excluding hydrogens is 377 g/mol. The minimum absolute atomic E-state index is 0.0413. The lowest BCUT2D eigenvalue weighted by Gasteiger charge is -2.06. The van der Waals surface area contributed by atoms with Crippen molar-refractivity contribution in [3.63, 3.8) is 0 Å². The molecule has 0 aliphatic heterocycles. The fourth-order valence-electron chi connectivity index (χ4n) is 1.81. The van der Waals surface area contributed by atoms with Gasteiger partial charge in [-0.3, -0.25) is 4.79 Å². The summed E-state index contributed by atoms with van der Waals surface area (Å²) in [5.41, 5.74) is 0.457. The van der Waals surface area contributed by atoms with Crippen LogP contribution < -0.4 is 14.8 Å². The minimum Gasteiger partial charge on any atom is -0.497 e. The maximum atomic E-state index is 13.3. The number of carbonyl (C=O) groups is 1. The first-order valence-corrected chi connectivity index (χ1v) is 7.86. The lowest BCUT2D eigenvalue weighted by atomic mass is 10.2. The molecule has 0 saturated heterocycles. The van der Waals surface area contributed by atoms with Gasteiger partial charge in [0.1, 0.15) is 12.4 Å². The molecule has 0 aliphatic rings. The summed E-state index contributed by atoms with van der Waals surface area (Å²) in [6, 6.07) is 11.2. The highest BCUT2D eigenvalue weighted by molar-refractivity contribution is 9.10. The summed E-state index contributed by atoms with van der Waals surface area (Å²) in [7, 11) is 1.53. The summed E-state index contributed by atoms with van der Waals surface area (Å²) in [5, 5.41) is 2.67. The zero-order valence-electron chi connectivity index (χ0n) is 12.9. The highest BCUT2D eigenvalue weighted by atomic mass is 79.9. The predicted octanol–water partition coefficient (Wildman–Crippen LogP) is 3.41. The zero-order valence-corrected chi connectivity index (χ0v) is 14.5. The number of para-hydroxylation sites is 1. The Kier molecular flexibility index (Phi) is 6.64. The van der Waals surface area contributed by atoms with Crippen LogP contribution in [0.1, 0.15) is 10.4 Å². The average molecular weight is 392 g/mol. The number of halogens is 2. The average Bonchev–Trinajstić information content (AvgIpc) is 2.59. The Balaban J connectivity index is 1.82. The van der Waals surface area contributed by atoms with Crippen molar-refractivity contribution < 1.29 is 18.7 Å². The summed E-state index contributed by atoms with van der Waals surface area (Å²) in [6.45, 7) is 0.197. The van der Waals surface area contributed by atoms with E-state index in [2.05, 4.69) is 33.1 Å². The molecule has 1 N–H and O–H groups in total. The topological polar surface area (TPSA) is 47.6 Å². The standard InChI is InChI=1S/C18H15BrFNO3/c1-23-13-8-9-15(19)14(12-13)18(22)21-10-4-5-11-24-17-7-3-2-6-16(17)20/h2-3,6-9,12H,10-11H2,1H3,(H,21,22). The highest BCUT2D eigenvalue weighted by Crippen LogP contribution is 2.22. The van der Waals surface area contributed by atoms with Gasteiger partial charge in [0.2, 0.25) is 0 Å². The van der Waals surface area contributed by atoms with Crippen molar-refractivity contribution in [1.29, 1.82) is 0 Å². The molecule has 6 heteroatoms. The second kappa shape index (κ2) is 8.94. The van der Waals surface area contributed by atoms with Gasteiger partial charge in [0, 0.05) is 4.47 Å². The van der Waals surface area contributed by atoms with Gasteiger partial charge in [-0.05, 0) is 46.3 Å². The third kappa shape index (κ3) is 5.00. The quantitative estimate of drug-likeness (QED) is 0.794. The van der Waals surface area contributed by atoms with Gasteiger partial charge in [-0.1, -0.05) is 24.0 Å². The van der Waals surface area contributed by atoms with Crippen LogP contribution in [0.5, 0.6) is 11.5 Å². The molecule has 0 aliphatic carbocycles. The first-order chi connectivity index (χ1) is 11.6. The monoisotopic (exact) mass is 391 g/mol. The second-order valence-electron chi connectivity index (χ2n) is 4.60. The summed E-state index contributed by atoms with van der Waals surface area (Å²) >= 11 is 3.32. The van der Waals surface area contributed by atoms with Crippen LogP contribution in [0.2, 0.25) is 0 Å². The predicted molar refractivity (Wildman–Crippen MR) is 92.7 cm³/mol. The largest absolute Gasteiger partial charge is 0.497 e. The summed E-state index contributed by atoms with van der Waals surface area (Å²) in [6.07, 6.45) is 0. The second-order valence-corrected chi connectivity index (χ2v) is 5.46. The lowest BCUT2D eigenvalue weighted by Crippen LogP contribution is -2.24. The third-order valence-corrected chi connectivity index (χ3v) is 3.71. The van der Waals surface area contributed by atoms with Gasteiger partial charge in [-0.25, -0.2) is 4.39 Å². The van der Waals surface area contributed by atoms with Gasteiger partial charge in [0.15, 0.2) is 11.6 Å². The number of benzene rings is 2. The molecule has 0 heterocycles. The van der Waals surface area contributed by atoms with Crippen molar-refractivity contribution in [3.8, 4) is 23.3 Å². The molecule has 0 atom stereocenters. The van der Waals surface area contributed by atoms with Crippen LogP contribution in [0.15, 0.2) is 46.9 Å². The molecular formula is C18H15BrFNO3. The Morgan fingerprint density at radius 3 is 2.79 bits per heavy atom. The van der Waals surface area contributed by atoms with E-state index in [1.165, 1.54) is 19.2 Å². The maximum Gasteiger partial charge on any atom is 0.253 e. The van der Waals surface area contributed by atoms with Crippen LogP contribution >= 0.6 is 15.9 Å². The normalized spacial score (nSPS) is 9.62. The molecule has 124 valence electrons. The van der Waals surface area contributed by atoms with Crippen LogP contribution in [0.25, 0.3) is 0 Å². The maximum absolute atomic E-state index is 13.3. The van der Waals surface area contributed by atoms with Crippen molar-refractivity contribution in [2.45, 2.75) is 0 Å². The number of amides is 1. The molecule has 0 fully saturated rings. The van der Waals surface area contributed by atoms with Crippen molar-refractivity contribution in [2.24, 2.45) is 0 Å². The van der Waals surface area contributed by atoms with E-state index in [4.69, 9.17) is 9.47 Å². The number of hydrogen-bond donors (Lipinski definition) is 1. The van der Waals surface area contributed by atoms with Crippen molar-refractivity contribution in [3.05, 3.63) is 58.3 Å². The molecule has 4 nitrogen and oxygen atoms in total. The van der Waals surface area contributed by atoms with E-state index in [1.54, 1.807) is 30.3 Å². The fourth-order valence-corrected chi connectivity index (χ4v) is 2.24. The van der Waals surface area contributed by atoms with Gasteiger partial charge in [0.25, 0.3) is 5.91 Å². The molecule has 2 aromatic rings. The fraction of sp³-hybridized carbons (Fsp3) is 0.167. The van der Waals surface area contributed by atoms with Gasteiger partial charge in [-0.15, -0.1) is 0 Å². The molecule has 0 saturated carbocycles. The Labute approximate surface area is 148 Å². The van der Waals surface area contributed by atoms with Crippen molar-refractivity contribution in [1.82, 2.24) is 5.32 Å². The highest BCUT2D eigenvalue weighted by Gasteiger charge is 2.10. The smallest absolute Gasteiger partial charge is 0.253 e. The van der Waals surface area contributed by atoms with E-state index < -0.39 is 5.82 Å². The Hall–Kier alpha value is -2.52. The Morgan fingerprint density at radius 1 is 1.25 bits per heavy atom. The van der Waals surface area contributed by atoms with Crippen LogP contribution in [0.4, 0.5) is 4.39 Å². The first kappa shape index (κ1) is 17.8. The van der Waals surface area contributed by atoms with Crippen LogP contribution in [-0.4, -0.2) is 26.2 Å². The van der Waals surface area contributed by atoms with E-state index in [1.807, 2.05) is 0 Å². The molecule has 0 aromatic heterocycles. The van der Waals surface area contributed by atoms with Crippen LogP contribution in [0, 0.1) is 17.7 Å². The van der Waals surface area contributed by atoms with E-state index in [-0.39, 0.29) is 24.8 Å².